The Kier molecular flexibility index (Phi) is 7.35. The van der Waals surface area contributed by atoms with Crippen LogP contribution in [-0.4, -0.2) is 55.0 Å². The molecule has 1 saturated heterocycles. The lowest BCUT2D eigenvalue weighted by Crippen LogP contribution is -2.20. The third-order valence-electron chi connectivity index (χ3n) is 5.26. The van der Waals surface area contributed by atoms with Crippen molar-refractivity contribution in [1.29, 1.82) is 0 Å². The van der Waals surface area contributed by atoms with Crippen molar-refractivity contribution in [1.82, 2.24) is 24.2 Å². The Balaban J connectivity index is 1.16. The van der Waals surface area contributed by atoms with Gasteiger partial charge < -0.3 is 15.6 Å². The molecule has 1 aliphatic rings. The quantitative estimate of drug-likeness (QED) is 0.166. The zero-order valence-corrected chi connectivity index (χ0v) is 18.7. The number of ether oxygens (including phenoxy) is 1. The molecule has 12 nitrogen and oxygen atoms in total. The van der Waals surface area contributed by atoms with Gasteiger partial charge in [-0.3, -0.25) is 23.1 Å². The molecular formula is C21H22N6O6S. The van der Waals surface area contributed by atoms with Gasteiger partial charge in [0.1, 0.15) is 30.3 Å². The first-order chi connectivity index (χ1) is 16.4. The molecule has 178 valence electrons. The molecule has 3 aromatic rings. The topological polar surface area (TPSA) is 172 Å². The number of aromatic nitrogens is 4. The SMILES string of the molecule is Nc1ncnc2c1ncn2C1CCC(COSNC(=O)CCC(=O)c2cccc(C(=O)O)c2)O1. The van der Waals surface area contributed by atoms with Crippen LogP contribution in [0.3, 0.4) is 0 Å². The standard InChI is InChI=1S/C21H22N6O6S/c22-19-18-20(24-10-23-19)27(11-25-18)17-7-4-14(33-17)9-32-34-26-16(29)6-5-15(28)12-2-1-3-13(8-12)21(30)31/h1-3,8,10-11,14,17H,4-7,9H2,(H,26,29)(H,30,31)(H2,22,23,24). The number of hydrogen-bond donors (Lipinski definition) is 3. The maximum absolute atomic E-state index is 12.2. The number of nitrogens with two attached hydrogens (primary N) is 1. The average molecular weight is 487 g/mol. The van der Waals surface area contributed by atoms with E-state index in [-0.39, 0.29) is 54.6 Å². The molecule has 0 radical (unpaired) electrons. The molecule has 1 amide bonds. The van der Waals surface area contributed by atoms with Crippen molar-refractivity contribution in [2.24, 2.45) is 0 Å². The molecule has 3 heterocycles. The van der Waals surface area contributed by atoms with Gasteiger partial charge in [0.15, 0.2) is 17.2 Å². The molecule has 1 fully saturated rings. The number of benzene rings is 1. The van der Waals surface area contributed by atoms with Gasteiger partial charge in [-0.05, 0) is 25.0 Å². The Hall–Kier alpha value is -3.55. The highest BCUT2D eigenvalue weighted by Gasteiger charge is 2.28. The van der Waals surface area contributed by atoms with E-state index in [0.717, 1.165) is 25.1 Å². The summed E-state index contributed by atoms with van der Waals surface area (Å²) in [6.07, 6.45) is 3.98. The van der Waals surface area contributed by atoms with Gasteiger partial charge in [-0.1, -0.05) is 12.1 Å². The van der Waals surface area contributed by atoms with E-state index in [1.807, 2.05) is 4.57 Å². The zero-order valence-electron chi connectivity index (χ0n) is 17.9. The number of anilines is 1. The number of nitrogen functional groups attached to an aromatic ring is 1. The van der Waals surface area contributed by atoms with Crippen LogP contribution in [-0.2, 0) is 13.7 Å². The van der Waals surface area contributed by atoms with Gasteiger partial charge in [-0.15, -0.1) is 0 Å². The average Bonchev–Trinajstić information content (AvgIpc) is 3.48. The first kappa shape index (κ1) is 23.6. The molecule has 1 aliphatic heterocycles. The number of carboxylic acid groups (broad SMARTS) is 1. The zero-order chi connectivity index (χ0) is 24.1. The number of aromatic carboxylic acids is 1. The lowest BCUT2D eigenvalue weighted by Gasteiger charge is -2.15. The Morgan fingerprint density at radius 1 is 1.21 bits per heavy atom. The number of amides is 1. The summed E-state index contributed by atoms with van der Waals surface area (Å²) in [6.45, 7) is 0.256. The number of rotatable bonds is 10. The molecule has 0 aliphatic carbocycles. The van der Waals surface area contributed by atoms with Crippen molar-refractivity contribution >= 4 is 46.9 Å². The predicted octanol–water partition coefficient (Wildman–Crippen LogP) is 2.14. The number of Topliss-reactive ketones (excluding diaryl/α,β-unsaturated/α-hetero) is 1. The minimum atomic E-state index is -1.12. The maximum Gasteiger partial charge on any atom is 0.335 e. The molecule has 2 aromatic heterocycles. The smallest absolute Gasteiger partial charge is 0.335 e. The van der Waals surface area contributed by atoms with Crippen LogP contribution in [0.5, 0.6) is 0 Å². The van der Waals surface area contributed by atoms with E-state index in [2.05, 4.69) is 19.7 Å². The van der Waals surface area contributed by atoms with Gasteiger partial charge in [0.2, 0.25) is 5.91 Å². The summed E-state index contributed by atoms with van der Waals surface area (Å²) in [4.78, 5) is 47.6. The van der Waals surface area contributed by atoms with Crippen LogP contribution < -0.4 is 10.5 Å². The maximum atomic E-state index is 12.2. The van der Waals surface area contributed by atoms with Gasteiger partial charge in [-0.25, -0.2) is 19.7 Å². The lowest BCUT2D eigenvalue weighted by atomic mass is 10.0. The fraction of sp³-hybridized carbons (Fsp3) is 0.333. The van der Waals surface area contributed by atoms with Crippen LogP contribution in [0.2, 0.25) is 0 Å². The number of carboxylic acids is 1. The first-order valence-electron chi connectivity index (χ1n) is 10.4. The van der Waals surface area contributed by atoms with Crippen molar-refractivity contribution in [2.45, 2.75) is 38.0 Å². The van der Waals surface area contributed by atoms with E-state index in [1.54, 1.807) is 6.33 Å². The van der Waals surface area contributed by atoms with E-state index < -0.39 is 5.97 Å². The number of carbonyl (C=O) groups is 3. The summed E-state index contributed by atoms with van der Waals surface area (Å²) in [5.41, 5.74) is 7.22. The molecule has 0 saturated carbocycles. The van der Waals surface area contributed by atoms with E-state index in [1.165, 1.54) is 30.6 Å². The second kappa shape index (κ2) is 10.6. The molecule has 0 bridgehead atoms. The van der Waals surface area contributed by atoms with E-state index in [9.17, 15) is 14.4 Å². The first-order valence-corrected chi connectivity index (χ1v) is 11.2. The summed E-state index contributed by atoms with van der Waals surface area (Å²) in [7, 11) is 0. The van der Waals surface area contributed by atoms with Crippen molar-refractivity contribution in [3.05, 3.63) is 48.0 Å². The third-order valence-corrected chi connectivity index (χ3v) is 5.83. The van der Waals surface area contributed by atoms with Crippen molar-refractivity contribution < 1.29 is 28.4 Å². The fourth-order valence-electron chi connectivity index (χ4n) is 3.53. The molecule has 2 atom stereocenters. The number of carbonyl (C=O) groups excluding carboxylic acids is 2. The van der Waals surface area contributed by atoms with Gasteiger partial charge in [0, 0.05) is 18.4 Å². The van der Waals surface area contributed by atoms with Crippen LogP contribution in [0.15, 0.2) is 36.9 Å². The summed E-state index contributed by atoms with van der Waals surface area (Å²) in [6, 6.07) is 5.71. The molecule has 0 spiro atoms. The summed E-state index contributed by atoms with van der Waals surface area (Å²) < 4.78 is 15.8. The minimum Gasteiger partial charge on any atom is -0.478 e. The Morgan fingerprint density at radius 2 is 2.03 bits per heavy atom. The third kappa shape index (κ3) is 5.50. The van der Waals surface area contributed by atoms with Crippen LogP contribution in [0.1, 0.15) is 52.6 Å². The Morgan fingerprint density at radius 3 is 2.85 bits per heavy atom. The fourth-order valence-corrected chi connectivity index (χ4v) is 4.00. The molecule has 4 N–H and O–H groups in total. The predicted molar refractivity (Wildman–Crippen MR) is 122 cm³/mol. The summed E-state index contributed by atoms with van der Waals surface area (Å²) in [5, 5.41) is 9.01. The van der Waals surface area contributed by atoms with E-state index in [0.29, 0.717) is 17.0 Å². The van der Waals surface area contributed by atoms with E-state index in [4.69, 9.17) is 19.8 Å². The van der Waals surface area contributed by atoms with Gasteiger partial charge >= 0.3 is 5.97 Å². The molecule has 34 heavy (non-hydrogen) atoms. The normalized spacial score (nSPS) is 17.6. The number of hydrogen-bond acceptors (Lipinski definition) is 10. The number of nitrogens with zero attached hydrogens (tertiary/aromatic N) is 4. The highest BCUT2D eigenvalue weighted by molar-refractivity contribution is 7.93. The number of imidazole rings is 1. The number of fused-ring (bicyclic) bond motifs is 1. The highest BCUT2D eigenvalue weighted by Crippen LogP contribution is 2.31. The number of nitrogens with one attached hydrogen (secondary N) is 1. The van der Waals surface area contributed by atoms with Gasteiger partial charge in [0.05, 0.1) is 24.6 Å². The molecule has 13 heteroatoms. The van der Waals surface area contributed by atoms with Crippen molar-refractivity contribution in [3.8, 4) is 0 Å². The second-order valence-electron chi connectivity index (χ2n) is 7.58. The van der Waals surface area contributed by atoms with Crippen LogP contribution in [0.25, 0.3) is 11.2 Å². The lowest BCUT2D eigenvalue weighted by molar-refractivity contribution is -0.119. The Bertz CT molecular complexity index is 1220. The highest BCUT2D eigenvalue weighted by atomic mass is 32.2. The molecule has 2 unspecified atom stereocenters. The van der Waals surface area contributed by atoms with Crippen molar-refractivity contribution in [2.75, 3.05) is 12.3 Å². The second-order valence-corrected chi connectivity index (χ2v) is 8.18. The number of ketones is 1. The largest absolute Gasteiger partial charge is 0.478 e. The van der Waals surface area contributed by atoms with Crippen LogP contribution in [0.4, 0.5) is 5.82 Å². The minimum absolute atomic E-state index is 0.0225. The van der Waals surface area contributed by atoms with Crippen molar-refractivity contribution in [3.63, 3.8) is 0 Å². The van der Waals surface area contributed by atoms with Crippen LogP contribution >= 0.6 is 12.2 Å². The molecular weight excluding hydrogens is 464 g/mol. The summed E-state index contributed by atoms with van der Waals surface area (Å²) >= 11 is 0.780. The van der Waals surface area contributed by atoms with Crippen LogP contribution in [0, 0.1) is 0 Å². The molecule has 1 aromatic carbocycles. The molecule has 4 rings (SSSR count). The van der Waals surface area contributed by atoms with Gasteiger partial charge in [-0.2, -0.15) is 0 Å². The Labute approximate surface area is 198 Å². The summed E-state index contributed by atoms with van der Waals surface area (Å²) in [5.74, 6) is -1.49. The monoisotopic (exact) mass is 486 g/mol. The van der Waals surface area contributed by atoms with Gasteiger partial charge in [0.25, 0.3) is 0 Å². The van der Waals surface area contributed by atoms with E-state index >= 15 is 0 Å².